The lowest BCUT2D eigenvalue weighted by molar-refractivity contribution is 0.263. The lowest BCUT2D eigenvalue weighted by Crippen LogP contribution is -2.26. The molecule has 1 aliphatic heterocycles. The molecule has 1 unspecified atom stereocenters. The van der Waals surface area contributed by atoms with Crippen molar-refractivity contribution in [2.45, 2.75) is 27.2 Å². The third-order valence-electron chi connectivity index (χ3n) is 3.45. The van der Waals surface area contributed by atoms with Crippen LogP contribution in [0.25, 0.3) is 0 Å². The Bertz CT molecular complexity index is 415. The molecule has 0 radical (unpaired) electrons. The number of halogens is 2. The van der Waals surface area contributed by atoms with Gasteiger partial charge in [0.15, 0.2) is 10.3 Å². The van der Waals surface area contributed by atoms with Crippen molar-refractivity contribution < 1.29 is 0 Å². The van der Waals surface area contributed by atoms with E-state index in [0.717, 1.165) is 18.8 Å². The van der Waals surface area contributed by atoms with E-state index in [1.165, 1.54) is 6.42 Å². The van der Waals surface area contributed by atoms with Crippen molar-refractivity contribution in [1.29, 1.82) is 0 Å². The maximum absolute atomic E-state index is 6.06. The summed E-state index contributed by atoms with van der Waals surface area (Å²) in [6.07, 6.45) is 1.18. The Morgan fingerprint density at radius 1 is 1.29 bits per heavy atom. The molecule has 0 N–H and O–H groups in total. The second kappa shape index (κ2) is 4.62. The predicted molar refractivity (Wildman–Crippen MR) is 71.8 cm³/mol. The third-order valence-corrected chi connectivity index (χ3v) is 3.91. The first-order chi connectivity index (χ1) is 7.88. The van der Waals surface area contributed by atoms with Gasteiger partial charge in [-0.2, -0.15) is 0 Å². The summed E-state index contributed by atoms with van der Waals surface area (Å²) in [5.41, 5.74) is 1.23. The molecular formula is C12H17Cl2N3. The summed E-state index contributed by atoms with van der Waals surface area (Å²) in [6.45, 7) is 8.84. The van der Waals surface area contributed by atoms with E-state index in [0.29, 0.717) is 21.6 Å². The molecule has 0 aliphatic carbocycles. The first-order valence-electron chi connectivity index (χ1n) is 5.81. The second-order valence-corrected chi connectivity index (χ2v) is 6.39. The third kappa shape index (κ3) is 2.83. The average Bonchev–Trinajstić information content (AvgIpc) is 2.70. The largest absolute Gasteiger partial charge is 0.369 e. The van der Waals surface area contributed by atoms with Crippen molar-refractivity contribution in [3.8, 4) is 0 Å². The van der Waals surface area contributed by atoms with Crippen LogP contribution in [0.4, 0.5) is 5.69 Å². The summed E-state index contributed by atoms with van der Waals surface area (Å²) in [7, 11) is 0. The first-order valence-corrected chi connectivity index (χ1v) is 6.57. The van der Waals surface area contributed by atoms with Crippen LogP contribution < -0.4 is 4.90 Å². The molecule has 94 valence electrons. The Morgan fingerprint density at radius 2 is 2.00 bits per heavy atom. The Labute approximate surface area is 112 Å². The lowest BCUT2D eigenvalue weighted by Gasteiger charge is -2.27. The first kappa shape index (κ1) is 12.9. The van der Waals surface area contributed by atoms with Crippen LogP contribution in [0.15, 0.2) is 6.07 Å². The highest BCUT2D eigenvalue weighted by atomic mass is 35.5. The van der Waals surface area contributed by atoms with Gasteiger partial charge < -0.3 is 4.90 Å². The van der Waals surface area contributed by atoms with Crippen LogP contribution >= 0.6 is 23.2 Å². The van der Waals surface area contributed by atoms with Crippen LogP contribution in [0, 0.1) is 11.3 Å². The van der Waals surface area contributed by atoms with Crippen molar-refractivity contribution in [2.75, 3.05) is 18.0 Å². The minimum absolute atomic E-state index is 0.325. The number of hydrogen-bond acceptors (Lipinski definition) is 3. The SMILES string of the molecule is CC(C)(C)C1CCN(c2cc(Cl)nnc2Cl)C1. The summed E-state index contributed by atoms with van der Waals surface area (Å²) in [6, 6.07) is 1.79. The molecule has 17 heavy (non-hydrogen) atoms. The van der Waals surface area contributed by atoms with E-state index in [-0.39, 0.29) is 0 Å². The molecule has 0 bridgehead atoms. The van der Waals surface area contributed by atoms with Gasteiger partial charge in [0.1, 0.15) is 0 Å². The van der Waals surface area contributed by atoms with Crippen LogP contribution in [-0.2, 0) is 0 Å². The molecule has 5 heteroatoms. The zero-order chi connectivity index (χ0) is 12.6. The fraction of sp³-hybridized carbons (Fsp3) is 0.667. The summed E-state index contributed by atoms with van der Waals surface area (Å²) >= 11 is 11.9. The van der Waals surface area contributed by atoms with Gasteiger partial charge >= 0.3 is 0 Å². The van der Waals surface area contributed by atoms with Gasteiger partial charge in [0.25, 0.3) is 0 Å². The van der Waals surface area contributed by atoms with Gasteiger partial charge in [0.2, 0.25) is 0 Å². The molecule has 3 nitrogen and oxygen atoms in total. The quantitative estimate of drug-likeness (QED) is 0.782. The van der Waals surface area contributed by atoms with Gasteiger partial charge in [-0.05, 0) is 17.8 Å². The normalized spacial score (nSPS) is 21.0. The summed E-state index contributed by atoms with van der Waals surface area (Å²) in [4.78, 5) is 2.25. The molecule has 1 atom stereocenters. The van der Waals surface area contributed by atoms with E-state index in [4.69, 9.17) is 23.2 Å². The highest BCUT2D eigenvalue weighted by molar-refractivity contribution is 6.33. The molecule has 1 fully saturated rings. The molecule has 1 aromatic heterocycles. The van der Waals surface area contributed by atoms with E-state index in [1.807, 2.05) is 0 Å². The fourth-order valence-corrected chi connectivity index (χ4v) is 2.60. The Hall–Kier alpha value is -0.540. The highest BCUT2D eigenvalue weighted by Crippen LogP contribution is 2.37. The van der Waals surface area contributed by atoms with Crippen LogP contribution in [0.2, 0.25) is 10.3 Å². The molecule has 0 amide bonds. The van der Waals surface area contributed by atoms with Crippen LogP contribution in [0.1, 0.15) is 27.2 Å². The summed E-state index contributed by atoms with van der Waals surface area (Å²) in [5.74, 6) is 0.672. The fourth-order valence-electron chi connectivity index (χ4n) is 2.25. The van der Waals surface area contributed by atoms with E-state index in [1.54, 1.807) is 6.07 Å². The van der Waals surface area contributed by atoms with E-state index in [2.05, 4.69) is 35.9 Å². The van der Waals surface area contributed by atoms with Gasteiger partial charge in [0, 0.05) is 19.2 Å². The smallest absolute Gasteiger partial charge is 0.175 e. The minimum Gasteiger partial charge on any atom is -0.369 e. The van der Waals surface area contributed by atoms with E-state index < -0.39 is 0 Å². The van der Waals surface area contributed by atoms with Crippen LogP contribution in [0.5, 0.6) is 0 Å². The number of nitrogens with zero attached hydrogens (tertiary/aromatic N) is 3. The monoisotopic (exact) mass is 273 g/mol. The standard InChI is InChI=1S/C12H17Cl2N3/c1-12(2,3)8-4-5-17(7-8)9-6-10(13)15-16-11(9)14/h6,8H,4-5,7H2,1-3H3. The van der Waals surface area contributed by atoms with Gasteiger partial charge in [-0.3, -0.25) is 0 Å². The number of anilines is 1. The van der Waals surface area contributed by atoms with Crippen molar-refractivity contribution in [2.24, 2.45) is 11.3 Å². The number of rotatable bonds is 1. The average molecular weight is 274 g/mol. The Morgan fingerprint density at radius 3 is 2.59 bits per heavy atom. The second-order valence-electron chi connectivity index (χ2n) is 5.64. The molecule has 2 heterocycles. The maximum atomic E-state index is 6.06. The van der Waals surface area contributed by atoms with E-state index >= 15 is 0 Å². The number of hydrogen-bond donors (Lipinski definition) is 0. The maximum Gasteiger partial charge on any atom is 0.175 e. The van der Waals surface area contributed by atoms with Crippen molar-refractivity contribution in [1.82, 2.24) is 10.2 Å². The van der Waals surface area contributed by atoms with Gasteiger partial charge in [-0.1, -0.05) is 44.0 Å². The van der Waals surface area contributed by atoms with Gasteiger partial charge in [-0.15, -0.1) is 10.2 Å². The van der Waals surface area contributed by atoms with Crippen LogP contribution in [-0.4, -0.2) is 23.3 Å². The molecule has 0 aromatic carbocycles. The molecule has 1 aromatic rings. The Kier molecular flexibility index (Phi) is 3.50. The summed E-state index contributed by atoms with van der Waals surface area (Å²) < 4.78 is 0. The van der Waals surface area contributed by atoms with Gasteiger partial charge in [-0.25, -0.2) is 0 Å². The van der Waals surface area contributed by atoms with Crippen molar-refractivity contribution in [3.63, 3.8) is 0 Å². The predicted octanol–water partition coefficient (Wildman–Crippen LogP) is 3.66. The molecule has 0 spiro atoms. The minimum atomic E-state index is 0.325. The molecule has 1 aliphatic rings. The topological polar surface area (TPSA) is 29.0 Å². The molecule has 2 rings (SSSR count). The van der Waals surface area contributed by atoms with Gasteiger partial charge in [0.05, 0.1) is 5.69 Å². The lowest BCUT2D eigenvalue weighted by atomic mass is 9.80. The Balaban J connectivity index is 2.18. The molecular weight excluding hydrogens is 257 g/mol. The number of aromatic nitrogens is 2. The zero-order valence-corrected chi connectivity index (χ0v) is 11.9. The van der Waals surface area contributed by atoms with Crippen molar-refractivity contribution in [3.05, 3.63) is 16.4 Å². The molecule has 1 saturated heterocycles. The molecule has 0 saturated carbocycles. The highest BCUT2D eigenvalue weighted by Gasteiger charge is 2.32. The van der Waals surface area contributed by atoms with Crippen molar-refractivity contribution >= 4 is 28.9 Å². The van der Waals surface area contributed by atoms with E-state index in [9.17, 15) is 0 Å². The zero-order valence-electron chi connectivity index (χ0n) is 10.4. The van der Waals surface area contributed by atoms with Crippen LogP contribution in [0.3, 0.4) is 0 Å². The summed E-state index contributed by atoms with van der Waals surface area (Å²) in [5, 5.41) is 8.41.